The highest BCUT2D eigenvalue weighted by Crippen LogP contribution is 2.25. The van der Waals surface area contributed by atoms with Crippen molar-refractivity contribution in [3.8, 4) is 5.75 Å². The Morgan fingerprint density at radius 3 is 2.52 bits per heavy atom. The first-order valence-corrected chi connectivity index (χ1v) is 9.96. The standard InChI is InChI=1S/C22H27ClN2O2/c1-17-7-3-4-8-21(17)27-16-22(26)24-15-20(25-13-5-2-6-14-25)18-9-11-19(23)12-10-18/h3-4,7-12,20H,2,5-6,13-16H2,1H3,(H,24,26)/t20-/m1/s1. The zero-order valence-electron chi connectivity index (χ0n) is 15.8. The van der Waals surface area contributed by atoms with Gasteiger partial charge in [0.05, 0.1) is 6.04 Å². The molecular weight excluding hydrogens is 360 g/mol. The van der Waals surface area contributed by atoms with Crippen LogP contribution in [0.15, 0.2) is 48.5 Å². The van der Waals surface area contributed by atoms with E-state index in [1.54, 1.807) is 0 Å². The Hall–Kier alpha value is -2.04. The van der Waals surface area contributed by atoms with E-state index in [2.05, 4.69) is 22.3 Å². The van der Waals surface area contributed by atoms with Crippen molar-refractivity contribution in [3.05, 3.63) is 64.7 Å². The summed E-state index contributed by atoms with van der Waals surface area (Å²) in [4.78, 5) is 14.8. The van der Waals surface area contributed by atoms with E-state index in [1.165, 1.54) is 24.8 Å². The van der Waals surface area contributed by atoms with Gasteiger partial charge in [0, 0.05) is 11.6 Å². The van der Waals surface area contributed by atoms with Crippen LogP contribution in [-0.4, -0.2) is 37.0 Å². The normalized spacial score (nSPS) is 15.9. The summed E-state index contributed by atoms with van der Waals surface area (Å²) in [5.74, 6) is 0.646. The Labute approximate surface area is 166 Å². The van der Waals surface area contributed by atoms with Crippen molar-refractivity contribution in [2.75, 3.05) is 26.2 Å². The number of rotatable bonds is 7. The van der Waals surface area contributed by atoms with Gasteiger partial charge in [-0.3, -0.25) is 9.69 Å². The smallest absolute Gasteiger partial charge is 0.258 e. The molecule has 1 fully saturated rings. The molecule has 0 spiro atoms. The van der Waals surface area contributed by atoms with Crippen LogP contribution in [-0.2, 0) is 4.79 Å². The third kappa shape index (κ3) is 5.72. The second kappa shape index (κ2) is 9.77. The van der Waals surface area contributed by atoms with Crippen LogP contribution >= 0.6 is 11.6 Å². The number of piperidine rings is 1. The minimum absolute atomic E-state index is 0.0260. The van der Waals surface area contributed by atoms with Gasteiger partial charge >= 0.3 is 0 Å². The molecular formula is C22H27ClN2O2. The third-order valence-corrected chi connectivity index (χ3v) is 5.28. The van der Waals surface area contributed by atoms with Crippen molar-refractivity contribution in [2.45, 2.75) is 32.2 Å². The number of para-hydroxylation sites is 1. The molecule has 144 valence electrons. The highest BCUT2D eigenvalue weighted by Gasteiger charge is 2.23. The lowest BCUT2D eigenvalue weighted by atomic mass is 10.0. The Balaban J connectivity index is 1.59. The second-order valence-electron chi connectivity index (χ2n) is 7.02. The van der Waals surface area contributed by atoms with Gasteiger partial charge in [0.25, 0.3) is 5.91 Å². The van der Waals surface area contributed by atoms with Crippen molar-refractivity contribution in [2.24, 2.45) is 0 Å². The summed E-state index contributed by atoms with van der Waals surface area (Å²) in [5, 5.41) is 3.77. The summed E-state index contributed by atoms with van der Waals surface area (Å²) in [5.41, 5.74) is 2.21. The Kier molecular flexibility index (Phi) is 7.13. The van der Waals surface area contributed by atoms with Gasteiger partial charge in [-0.1, -0.05) is 48.4 Å². The van der Waals surface area contributed by atoms with Gasteiger partial charge in [-0.05, 0) is 62.2 Å². The number of benzene rings is 2. The summed E-state index contributed by atoms with van der Waals surface area (Å²) in [6.07, 6.45) is 3.68. The van der Waals surface area contributed by atoms with Crippen LogP contribution in [0.3, 0.4) is 0 Å². The van der Waals surface area contributed by atoms with Crippen LogP contribution in [0.4, 0.5) is 0 Å². The van der Waals surface area contributed by atoms with E-state index in [4.69, 9.17) is 16.3 Å². The molecule has 4 nitrogen and oxygen atoms in total. The summed E-state index contributed by atoms with van der Waals surface area (Å²) in [6, 6.07) is 15.8. The summed E-state index contributed by atoms with van der Waals surface area (Å²) in [6.45, 7) is 4.68. The van der Waals surface area contributed by atoms with Crippen LogP contribution in [0, 0.1) is 6.92 Å². The van der Waals surface area contributed by atoms with Gasteiger partial charge in [0.1, 0.15) is 5.75 Å². The topological polar surface area (TPSA) is 41.6 Å². The zero-order valence-corrected chi connectivity index (χ0v) is 16.5. The fourth-order valence-corrected chi connectivity index (χ4v) is 3.62. The van der Waals surface area contributed by atoms with Crippen LogP contribution < -0.4 is 10.1 Å². The lowest BCUT2D eigenvalue weighted by Gasteiger charge is -2.35. The largest absolute Gasteiger partial charge is 0.484 e. The summed E-state index contributed by atoms with van der Waals surface area (Å²) in [7, 11) is 0. The van der Waals surface area contributed by atoms with E-state index in [0.717, 1.165) is 29.4 Å². The van der Waals surface area contributed by atoms with E-state index >= 15 is 0 Å². The van der Waals surface area contributed by atoms with Crippen LogP contribution in [0.2, 0.25) is 5.02 Å². The molecule has 1 aliphatic rings. The molecule has 3 rings (SSSR count). The maximum atomic E-state index is 12.3. The molecule has 2 aromatic rings. The number of carbonyl (C=O) groups excluding carboxylic acids is 1. The molecule has 1 atom stereocenters. The number of hydrogen-bond acceptors (Lipinski definition) is 3. The van der Waals surface area contributed by atoms with Crippen LogP contribution in [0.5, 0.6) is 5.75 Å². The maximum absolute atomic E-state index is 12.3. The van der Waals surface area contributed by atoms with E-state index in [-0.39, 0.29) is 18.6 Å². The number of ether oxygens (including phenoxy) is 1. The van der Waals surface area contributed by atoms with E-state index < -0.39 is 0 Å². The number of nitrogens with zero attached hydrogens (tertiary/aromatic N) is 1. The van der Waals surface area contributed by atoms with Gasteiger partial charge < -0.3 is 10.1 Å². The van der Waals surface area contributed by atoms with Crippen LogP contribution in [0.25, 0.3) is 0 Å². The average molecular weight is 387 g/mol. The first kappa shape index (κ1) is 19.7. The molecule has 0 saturated carbocycles. The minimum atomic E-state index is -0.103. The summed E-state index contributed by atoms with van der Waals surface area (Å²) >= 11 is 6.04. The molecule has 27 heavy (non-hydrogen) atoms. The van der Waals surface area contributed by atoms with Gasteiger partial charge in [-0.25, -0.2) is 0 Å². The minimum Gasteiger partial charge on any atom is -0.484 e. The lowest BCUT2D eigenvalue weighted by molar-refractivity contribution is -0.123. The van der Waals surface area contributed by atoms with E-state index in [0.29, 0.717) is 6.54 Å². The first-order valence-electron chi connectivity index (χ1n) is 9.58. The predicted octanol–water partition coefficient (Wildman–Crippen LogP) is 4.37. The van der Waals surface area contributed by atoms with Crippen molar-refractivity contribution in [3.63, 3.8) is 0 Å². The van der Waals surface area contributed by atoms with Gasteiger partial charge in [-0.15, -0.1) is 0 Å². The molecule has 5 heteroatoms. The SMILES string of the molecule is Cc1ccccc1OCC(=O)NC[C@H](c1ccc(Cl)cc1)N1CCCCC1. The molecule has 0 aliphatic carbocycles. The van der Waals surface area contributed by atoms with Crippen molar-refractivity contribution < 1.29 is 9.53 Å². The van der Waals surface area contributed by atoms with Crippen molar-refractivity contribution >= 4 is 17.5 Å². The van der Waals surface area contributed by atoms with Crippen LogP contribution in [0.1, 0.15) is 36.4 Å². The molecule has 1 amide bonds. The number of halogens is 1. The Morgan fingerprint density at radius 1 is 1.11 bits per heavy atom. The highest BCUT2D eigenvalue weighted by atomic mass is 35.5. The van der Waals surface area contributed by atoms with E-state index in [9.17, 15) is 4.79 Å². The number of nitrogens with one attached hydrogen (secondary N) is 1. The molecule has 0 bridgehead atoms. The summed E-state index contributed by atoms with van der Waals surface area (Å²) < 4.78 is 5.65. The molecule has 0 radical (unpaired) electrons. The van der Waals surface area contributed by atoms with Gasteiger partial charge in [0.15, 0.2) is 6.61 Å². The Bertz CT molecular complexity index is 742. The lowest BCUT2D eigenvalue weighted by Crippen LogP contribution is -2.41. The first-order chi connectivity index (χ1) is 13.1. The Morgan fingerprint density at radius 2 is 1.81 bits per heavy atom. The predicted molar refractivity (Wildman–Crippen MR) is 109 cm³/mol. The van der Waals surface area contributed by atoms with E-state index in [1.807, 2.05) is 43.3 Å². The molecule has 2 aromatic carbocycles. The number of likely N-dealkylation sites (tertiary alicyclic amines) is 1. The molecule has 1 heterocycles. The fourth-order valence-electron chi connectivity index (χ4n) is 3.50. The highest BCUT2D eigenvalue weighted by molar-refractivity contribution is 6.30. The number of aryl methyl sites for hydroxylation is 1. The second-order valence-corrected chi connectivity index (χ2v) is 7.46. The number of amides is 1. The maximum Gasteiger partial charge on any atom is 0.258 e. The molecule has 1 saturated heterocycles. The van der Waals surface area contributed by atoms with Crippen molar-refractivity contribution in [1.82, 2.24) is 10.2 Å². The van der Waals surface area contributed by atoms with Gasteiger partial charge in [0.2, 0.25) is 0 Å². The number of carbonyl (C=O) groups is 1. The molecule has 0 unspecified atom stereocenters. The average Bonchev–Trinajstić information content (AvgIpc) is 2.69. The monoisotopic (exact) mass is 386 g/mol. The zero-order chi connectivity index (χ0) is 19.1. The number of hydrogen-bond donors (Lipinski definition) is 1. The molecule has 0 aromatic heterocycles. The quantitative estimate of drug-likeness (QED) is 0.768. The fraction of sp³-hybridized carbons (Fsp3) is 0.409. The molecule has 1 aliphatic heterocycles. The van der Waals surface area contributed by atoms with Gasteiger partial charge in [-0.2, -0.15) is 0 Å². The molecule has 1 N–H and O–H groups in total. The third-order valence-electron chi connectivity index (χ3n) is 5.03. The van der Waals surface area contributed by atoms with Crippen molar-refractivity contribution in [1.29, 1.82) is 0 Å².